The van der Waals surface area contributed by atoms with Crippen molar-refractivity contribution in [3.05, 3.63) is 69.2 Å². The molecule has 1 fully saturated rings. The SMILES string of the molecule is O=C1NC(=O)C(=Cc2cc(Cl)ccc2OCc2cccc(Cl)c2)C(=O)N1. The zero-order valence-corrected chi connectivity index (χ0v) is 14.7. The number of amides is 4. The standard InChI is InChI=1S/C18H12Cl2N2O4/c19-12-3-1-2-10(6-12)9-26-15-5-4-13(20)7-11(15)8-14-16(23)21-18(25)22-17(14)24/h1-8H,9H2,(H2,21,22,23,24,25). The molecule has 0 atom stereocenters. The van der Waals surface area contributed by atoms with Gasteiger partial charge in [0.05, 0.1) is 0 Å². The molecule has 2 N–H and O–H groups in total. The van der Waals surface area contributed by atoms with E-state index in [0.29, 0.717) is 21.4 Å². The predicted octanol–water partition coefficient (Wildman–Crippen LogP) is 3.32. The molecule has 1 aliphatic heterocycles. The number of urea groups is 1. The Hall–Kier alpha value is -2.83. The largest absolute Gasteiger partial charge is 0.488 e. The molecule has 2 aromatic carbocycles. The average molecular weight is 391 g/mol. The van der Waals surface area contributed by atoms with Gasteiger partial charge in [0.15, 0.2) is 0 Å². The van der Waals surface area contributed by atoms with Gasteiger partial charge in [0, 0.05) is 15.6 Å². The van der Waals surface area contributed by atoms with Crippen molar-refractivity contribution in [2.45, 2.75) is 6.61 Å². The Balaban J connectivity index is 1.88. The first-order chi connectivity index (χ1) is 12.4. The van der Waals surface area contributed by atoms with Crippen LogP contribution in [0.2, 0.25) is 10.0 Å². The number of hydrogen-bond acceptors (Lipinski definition) is 4. The van der Waals surface area contributed by atoms with E-state index >= 15 is 0 Å². The van der Waals surface area contributed by atoms with Gasteiger partial charge in [0.25, 0.3) is 11.8 Å². The van der Waals surface area contributed by atoms with Crippen molar-refractivity contribution < 1.29 is 19.1 Å². The summed E-state index contributed by atoms with van der Waals surface area (Å²) in [7, 11) is 0. The quantitative estimate of drug-likeness (QED) is 0.619. The molecular weight excluding hydrogens is 379 g/mol. The molecule has 0 saturated carbocycles. The van der Waals surface area contributed by atoms with Crippen LogP contribution in [0.25, 0.3) is 6.08 Å². The van der Waals surface area contributed by atoms with Crippen molar-refractivity contribution in [3.8, 4) is 5.75 Å². The number of carbonyl (C=O) groups excluding carboxylic acids is 3. The van der Waals surface area contributed by atoms with E-state index in [1.165, 1.54) is 6.08 Å². The molecule has 0 bridgehead atoms. The van der Waals surface area contributed by atoms with Crippen LogP contribution >= 0.6 is 23.2 Å². The summed E-state index contributed by atoms with van der Waals surface area (Å²) in [6.07, 6.45) is 1.32. The third-order valence-electron chi connectivity index (χ3n) is 3.50. The van der Waals surface area contributed by atoms with Crippen molar-refractivity contribution in [1.82, 2.24) is 10.6 Å². The maximum atomic E-state index is 11.9. The second kappa shape index (κ2) is 7.59. The Morgan fingerprint density at radius 1 is 0.923 bits per heavy atom. The Bertz CT molecular complexity index is 919. The molecule has 2 aromatic rings. The first-order valence-electron chi connectivity index (χ1n) is 7.47. The summed E-state index contributed by atoms with van der Waals surface area (Å²) in [5.74, 6) is -1.17. The maximum Gasteiger partial charge on any atom is 0.328 e. The number of barbiturate groups is 1. The predicted molar refractivity (Wildman–Crippen MR) is 96.9 cm³/mol. The lowest BCUT2D eigenvalue weighted by atomic mass is 10.1. The molecule has 26 heavy (non-hydrogen) atoms. The first kappa shape index (κ1) is 18.0. The zero-order chi connectivity index (χ0) is 18.7. The van der Waals surface area contributed by atoms with E-state index in [4.69, 9.17) is 27.9 Å². The molecule has 6 nitrogen and oxygen atoms in total. The molecule has 3 rings (SSSR count). The molecular formula is C18H12Cl2N2O4. The second-order valence-electron chi connectivity index (χ2n) is 5.40. The second-order valence-corrected chi connectivity index (χ2v) is 6.27. The molecule has 8 heteroatoms. The minimum Gasteiger partial charge on any atom is -0.488 e. The third-order valence-corrected chi connectivity index (χ3v) is 3.97. The number of carbonyl (C=O) groups is 3. The molecule has 0 radical (unpaired) electrons. The maximum absolute atomic E-state index is 11.9. The normalized spacial score (nSPS) is 13.9. The van der Waals surface area contributed by atoms with E-state index in [-0.39, 0.29) is 12.2 Å². The van der Waals surface area contributed by atoms with E-state index in [9.17, 15) is 14.4 Å². The monoisotopic (exact) mass is 390 g/mol. The number of benzene rings is 2. The summed E-state index contributed by atoms with van der Waals surface area (Å²) in [6, 6.07) is 11.1. The highest BCUT2D eigenvalue weighted by atomic mass is 35.5. The van der Waals surface area contributed by atoms with Crippen LogP contribution in [-0.4, -0.2) is 17.8 Å². The lowest BCUT2D eigenvalue weighted by Gasteiger charge is -2.15. The Kier molecular flexibility index (Phi) is 5.25. The number of halogens is 2. The van der Waals surface area contributed by atoms with Gasteiger partial charge in [0.1, 0.15) is 17.9 Å². The highest BCUT2D eigenvalue weighted by molar-refractivity contribution is 6.32. The van der Waals surface area contributed by atoms with Gasteiger partial charge < -0.3 is 4.74 Å². The summed E-state index contributed by atoms with van der Waals surface area (Å²) >= 11 is 12.0. The van der Waals surface area contributed by atoms with E-state index in [0.717, 1.165) is 5.56 Å². The van der Waals surface area contributed by atoms with Crippen LogP contribution in [0, 0.1) is 0 Å². The Morgan fingerprint density at radius 2 is 1.62 bits per heavy atom. The van der Waals surface area contributed by atoms with Gasteiger partial charge >= 0.3 is 6.03 Å². The molecule has 4 amide bonds. The minimum absolute atomic E-state index is 0.223. The Morgan fingerprint density at radius 3 is 2.31 bits per heavy atom. The van der Waals surface area contributed by atoms with E-state index in [2.05, 4.69) is 0 Å². The van der Waals surface area contributed by atoms with E-state index in [1.807, 2.05) is 16.7 Å². The van der Waals surface area contributed by atoms with Crippen molar-refractivity contribution in [2.75, 3.05) is 0 Å². The third kappa shape index (κ3) is 4.22. The number of hydrogen-bond donors (Lipinski definition) is 2. The number of rotatable bonds is 4. The molecule has 1 heterocycles. The zero-order valence-electron chi connectivity index (χ0n) is 13.2. The summed E-state index contributed by atoms with van der Waals surface area (Å²) in [4.78, 5) is 34.9. The van der Waals surface area contributed by atoms with E-state index in [1.54, 1.807) is 36.4 Å². The van der Waals surface area contributed by atoms with Gasteiger partial charge in [-0.25, -0.2) is 4.79 Å². The van der Waals surface area contributed by atoms with Crippen molar-refractivity contribution in [1.29, 1.82) is 0 Å². The molecule has 1 aliphatic rings. The van der Waals surface area contributed by atoms with Gasteiger partial charge in [0.2, 0.25) is 0 Å². The molecule has 1 saturated heterocycles. The van der Waals surface area contributed by atoms with Gasteiger partial charge in [-0.15, -0.1) is 0 Å². The van der Waals surface area contributed by atoms with Gasteiger partial charge in [-0.3, -0.25) is 20.2 Å². The van der Waals surface area contributed by atoms with Crippen molar-refractivity contribution in [2.24, 2.45) is 0 Å². The topological polar surface area (TPSA) is 84.5 Å². The van der Waals surface area contributed by atoms with Crippen LogP contribution in [0.1, 0.15) is 11.1 Å². The summed E-state index contributed by atoms with van der Waals surface area (Å²) in [5, 5.41) is 5.01. The summed E-state index contributed by atoms with van der Waals surface area (Å²) < 4.78 is 5.77. The minimum atomic E-state index is -0.860. The van der Waals surface area contributed by atoms with Crippen LogP contribution in [0.5, 0.6) is 5.75 Å². The van der Waals surface area contributed by atoms with Crippen LogP contribution in [0.4, 0.5) is 4.79 Å². The smallest absolute Gasteiger partial charge is 0.328 e. The Labute approximate surface area is 158 Å². The van der Waals surface area contributed by atoms with Crippen molar-refractivity contribution in [3.63, 3.8) is 0 Å². The molecule has 0 spiro atoms. The highest BCUT2D eigenvalue weighted by Gasteiger charge is 2.28. The number of nitrogens with one attached hydrogen (secondary N) is 2. The fraction of sp³-hybridized carbons (Fsp3) is 0.0556. The molecule has 132 valence electrons. The average Bonchev–Trinajstić information content (AvgIpc) is 2.57. The molecule has 0 unspecified atom stereocenters. The number of imide groups is 2. The van der Waals surface area contributed by atoms with Crippen LogP contribution in [0.15, 0.2) is 48.0 Å². The van der Waals surface area contributed by atoms with Gasteiger partial charge in [-0.2, -0.15) is 0 Å². The van der Waals surface area contributed by atoms with Crippen LogP contribution in [-0.2, 0) is 16.2 Å². The summed E-state index contributed by atoms with van der Waals surface area (Å²) in [6.45, 7) is 0.231. The lowest BCUT2D eigenvalue weighted by Crippen LogP contribution is -2.51. The lowest BCUT2D eigenvalue weighted by molar-refractivity contribution is -0.123. The fourth-order valence-electron chi connectivity index (χ4n) is 2.31. The van der Waals surface area contributed by atoms with Crippen molar-refractivity contribution >= 4 is 47.1 Å². The summed E-state index contributed by atoms with van der Waals surface area (Å²) in [5.41, 5.74) is 1.05. The molecule has 0 aliphatic carbocycles. The first-order valence-corrected chi connectivity index (χ1v) is 8.23. The van der Waals surface area contributed by atoms with E-state index < -0.39 is 17.8 Å². The number of ether oxygens (including phenoxy) is 1. The van der Waals surface area contributed by atoms with Gasteiger partial charge in [-0.1, -0.05) is 35.3 Å². The fourth-order valence-corrected chi connectivity index (χ4v) is 2.71. The highest BCUT2D eigenvalue weighted by Crippen LogP contribution is 2.27. The molecule has 0 aromatic heterocycles. The van der Waals surface area contributed by atoms with Crippen LogP contribution < -0.4 is 15.4 Å². The van der Waals surface area contributed by atoms with Crippen LogP contribution in [0.3, 0.4) is 0 Å². The van der Waals surface area contributed by atoms with Gasteiger partial charge in [-0.05, 0) is 42.0 Å².